The van der Waals surface area contributed by atoms with Gasteiger partial charge in [0.2, 0.25) is 0 Å². The van der Waals surface area contributed by atoms with Gasteiger partial charge in [-0.2, -0.15) is 0 Å². The molecule has 8 heavy (non-hydrogen) atoms. The second kappa shape index (κ2) is 1.78. The smallest absolute Gasteiger partial charge is 0.119 e. The topological polar surface area (TPSA) is 29.5 Å². The van der Waals surface area contributed by atoms with E-state index in [1.807, 2.05) is 13.8 Å². The van der Waals surface area contributed by atoms with E-state index in [0.717, 1.165) is 0 Å². The summed E-state index contributed by atoms with van der Waals surface area (Å²) in [5, 5.41) is 8.90. The quantitative estimate of drug-likeness (QED) is 0.513. The van der Waals surface area contributed by atoms with Gasteiger partial charge in [-0.1, -0.05) is 0 Å². The molecule has 1 rings (SSSR count). The zero-order valence-electron chi connectivity index (χ0n) is 5.09. The van der Waals surface area contributed by atoms with Gasteiger partial charge in [0.1, 0.15) is 11.9 Å². The average molecular weight is 114 g/mol. The number of rotatable bonds is 0. The summed E-state index contributed by atoms with van der Waals surface area (Å²) in [5.41, 5.74) is 0. The van der Waals surface area contributed by atoms with Gasteiger partial charge in [0.25, 0.3) is 0 Å². The molecule has 0 aromatic heterocycles. The van der Waals surface area contributed by atoms with Gasteiger partial charge in [-0.25, -0.2) is 0 Å². The molecular formula is C6H10O2. The number of hydrogen-bond donors (Lipinski definition) is 1. The third-order valence-corrected chi connectivity index (χ3v) is 1.24. The lowest BCUT2D eigenvalue weighted by Crippen LogP contribution is -2.06. The van der Waals surface area contributed by atoms with E-state index in [9.17, 15) is 0 Å². The fraction of sp³-hybridized carbons (Fsp3) is 0.667. The van der Waals surface area contributed by atoms with Crippen molar-refractivity contribution in [3.8, 4) is 0 Å². The molecule has 0 fully saturated rings. The minimum absolute atomic E-state index is 0.0880. The van der Waals surface area contributed by atoms with Crippen molar-refractivity contribution in [2.24, 2.45) is 0 Å². The molecule has 0 radical (unpaired) electrons. The zero-order valence-corrected chi connectivity index (χ0v) is 5.09. The Morgan fingerprint density at radius 1 is 1.62 bits per heavy atom. The van der Waals surface area contributed by atoms with Gasteiger partial charge in [-0.3, -0.25) is 0 Å². The Morgan fingerprint density at radius 3 is 2.38 bits per heavy atom. The third-order valence-electron chi connectivity index (χ3n) is 1.24. The van der Waals surface area contributed by atoms with Crippen LogP contribution in [0.1, 0.15) is 13.8 Å². The molecule has 2 unspecified atom stereocenters. The summed E-state index contributed by atoms with van der Waals surface area (Å²) in [6, 6.07) is 0. The van der Waals surface area contributed by atoms with Crippen molar-refractivity contribution >= 4 is 0 Å². The van der Waals surface area contributed by atoms with Crippen LogP contribution in [-0.4, -0.2) is 17.3 Å². The highest BCUT2D eigenvalue weighted by molar-refractivity contribution is 5.05. The Labute approximate surface area is 48.8 Å². The Hall–Kier alpha value is -0.500. The number of hydrogen-bond acceptors (Lipinski definition) is 2. The van der Waals surface area contributed by atoms with Crippen molar-refractivity contribution in [2.75, 3.05) is 0 Å². The summed E-state index contributed by atoms with van der Waals surface area (Å²) >= 11 is 0. The Balaban J connectivity index is 2.59. The predicted octanol–water partition coefficient (Wildman–Crippen LogP) is 1.24. The number of ether oxygens (including phenoxy) is 1. The number of aliphatic hydroxyl groups excluding tert-OH is 1. The lowest BCUT2D eigenvalue weighted by atomic mass is 10.3. The molecule has 0 bridgehead atoms. The molecule has 1 N–H and O–H groups in total. The van der Waals surface area contributed by atoms with Gasteiger partial charge in [-0.05, 0) is 19.9 Å². The van der Waals surface area contributed by atoms with Crippen molar-refractivity contribution in [1.82, 2.24) is 0 Å². The van der Waals surface area contributed by atoms with Crippen molar-refractivity contribution in [3.05, 3.63) is 11.8 Å². The zero-order chi connectivity index (χ0) is 6.15. The van der Waals surface area contributed by atoms with Gasteiger partial charge in [0.05, 0.1) is 6.10 Å². The molecule has 0 aromatic rings. The second-order valence-electron chi connectivity index (χ2n) is 2.07. The van der Waals surface area contributed by atoms with E-state index < -0.39 is 0 Å². The summed E-state index contributed by atoms with van der Waals surface area (Å²) in [4.78, 5) is 0. The first-order valence-corrected chi connectivity index (χ1v) is 2.76. The van der Waals surface area contributed by atoms with Crippen LogP contribution in [0.15, 0.2) is 11.8 Å². The lowest BCUT2D eigenvalue weighted by molar-refractivity contribution is 0.0614. The Kier molecular flexibility index (Phi) is 1.26. The summed E-state index contributed by atoms with van der Waals surface area (Å²) in [6.45, 7) is 3.73. The fourth-order valence-corrected chi connectivity index (χ4v) is 0.807. The Morgan fingerprint density at radius 2 is 2.25 bits per heavy atom. The first-order valence-electron chi connectivity index (χ1n) is 2.76. The summed E-state index contributed by atoms with van der Waals surface area (Å²) in [7, 11) is 0. The maximum atomic E-state index is 8.90. The molecule has 46 valence electrons. The molecule has 0 amide bonds. The summed E-state index contributed by atoms with van der Waals surface area (Å²) in [5.74, 6) is 0.359. The Bertz CT molecular complexity index is 118. The SMILES string of the molecule is CC1C=C(O)C(C)O1. The third kappa shape index (κ3) is 0.842. The molecule has 0 saturated heterocycles. The maximum Gasteiger partial charge on any atom is 0.119 e. The van der Waals surface area contributed by atoms with Crippen molar-refractivity contribution < 1.29 is 9.84 Å². The standard InChI is InChI=1S/C6H10O2/c1-4-3-6(7)5(2)8-4/h3-5,7H,1-2H3. The molecule has 2 atom stereocenters. The molecule has 2 nitrogen and oxygen atoms in total. The van der Waals surface area contributed by atoms with E-state index in [-0.39, 0.29) is 12.2 Å². The maximum absolute atomic E-state index is 8.90. The van der Waals surface area contributed by atoms with Gasteiger partial charge < -0.3 is 9.84 Å². The van der Waals surface area contributed by atoms with Gasteiger partial charge in [0, 0.05) is 0 Å². The summed E-state index contributed by atoms with van der Waals surface area (Å²) < 4.78 is 5.13. The van der Waals surface area contributed by atoms with E-state index in [1.54, 1.807) is 6.08 Å². The second-order valence-corrected chi connectivity index (χ2v) is 2.07. The van der Waals surface area contributed by atoms with E-state index in [0.29, 0.717) is 5.76 Å². The van der Waals surface area contributed by atoms with Crippen LogP contribution in [-0.2, 0) is 4.74 Å². The lowest BCUT2D eigenvalue weighted by Gasteiger charge is -2.03. The van der Waals surface area contributed by atoms with Crippen LogP contribution in [0.5, 0.6) is 0 Å². The van der Waals surface area contributed by atoms with Gasteiger partial charge in [0.15, 0.2) is 0 Å². The first-order chi connectivity index (χ1) is 3.70. The first kappa shape index (κ1) is 5.63. The van der Waals surface area contributed by atoms with Crippen molar-refractivity contribution in [2.45, 2.75) is 26.1 Å². The molecule has 1 aliphatic heterocycles. The van der Waals surface area contributed by atoms with Crippen LogP contribution in [0, 0.1) is 0 Å². The van der Waals surface area contributed by atoms with Crippen LogP contribution in [0.3, 0.4) is 0 Å². The van der Waals surface area contributed by atoms with Crippen LogP contribution >= 0.6 is 0 Å². The van der Waals surface area contributed by atoms with Crippen LogP contribution in [0.2, 0.25) is 0 Å². The van der Waals surface area contributed by atoms with E-state index in [1.165, 1.54) is 0 Å². The minimum atomic E-state index is -0.0926. The highest BCUT2D eigenvalue weighted by Crippen LogP contribution is 2.15. The molecule has 0 aliphatic carbocycles. The van der Waals surface area contributed by atoms with Crippen LogP contribution < -0.4 is 0 Å². The monoisotopic (exact) mass is 114 g/mol. The minimum Gasteiger partial charge on any atom is -0.510 e. The average Bonchev–Trinajstić information content (AvgIpc) is 1.85. The molecular weight excluding hydrogens is 104 g/mol. The van der Waals surface area contributed by atoms with E-state index >= 15 is 0 Å². The van der Waals surface area contributed by atoms with Gasteiger partial charge >= 0.3 is 0 Å². The normalized spacial score (nSPS) is 37.5. The summed E-state index contributed by atoms with van der Waals surface area (Å²) in [6.07, 6.45) is 1.71. The molecule has 0 spiro atoms. The van der Waals surface area contributed by atoms with E-state index in [2.05, 4.69) is 0 Å². The van der Waals surface area contributed by atoms with Crippen LogP contribution in [0.25, 0.3) is 0 Å². The molecule has 2 heteroatoms. The van der Waals surface area contributed by atoms with E-state index in [4.69, 9.17) is 9.84 Å². The molecule has 0 aromatic carbocycles. The van der Waals surface area contributed by atoms with Crippen molar-refractivity contribution in [3.63, 3.8) is 0 Å². The number of aliphatic hydroxyl groups is 1. The predicted molar refractivity (Wildman–Crippen MR) is 30.7 cm³/mol. The highest BCUT2D eigenvalue weighted by Gasteiger charge is 2.18. The molecule has 1 heterocycles. The molecule has 0 saturated carbocycles. The van der Waals surface area contributed by atoms with Gasteiger partial charge in [-0.15, -0.1) is 0 Å². The largest absolute Gasteiger partial charge is 0.510 e. The highest BCUT2D eigenvalue weighted by atomic mass is 16.5. The van der Waals surface area contributed by atoms with Crippen LogP contribution in [0.4, 0.5) is 0 Å². The fourth-order valence-electron chi connectivity index (χ4n) is 0.807. The molecule has 1 aliphatic rings. The van der Waals surface area contributed by atoms with Crippen molar-refractivity contribution in [1.29, 1.82) is 0 Å².